The molecule has 1 atom stereocenters. The van der Waals surface area contributed by atoms with Crippen molar-refractivity contribution in [1.29, 1.82) is 0 Å². The predicted octanol–water partition coefficient (Wildman–Crippen LogP) is 1.23. The van der Waals surface area contributed by atoms with Crippen LogP contribution in [0.4, 0.5) is 0 Å². The average Bonchev–Trinajstić information content (AvgIpc) is 2.75. The Kier molecular flexibility index (Phi) is 4.46. The Morgan fingerprint density at radius 1 is 1.43 bits per heavy atom. The highest BCUT2D eigenvalue weighted by atomic mass is 32.2. The number of nitrogens with zero attached hydrogens (tertiary/aromatic N) is 2. The van der Waals surface area contributed by atoms with Crippen molar-refractivity contribution >= 4 is 10.0 Å². The van der Waals surface area contributed by atoms with Gasteiger partial charge in [0.05, 0.1) is 10.6 Å². The second-order valence-corrected chi connectivity index (χ2v) is 6.87. The zero-order valence-electron chi connectivity index (χ0n) is 12.4. The Hall–Kier alpha value is -1.70. The number of sulfonamides is 1. The number of rotatable bonds is 5. The van der Waals surface area contributed by atoms with E-state index in [9.17, 15) is 8.42 Å². The van der Waals surface area contributed by atoms with E-state index >= 15 is 0 Å². The third-order valence-electron chi connectivity index (χ3n) is 3.26. The van der Waals surface area contributed by atoms with E-state index in [1.54, 1.807) is 36.1 Å². The van der Waals surface area contributed by atoms with Gasteiger partial charge < -0.3 is 5.73 Å². The fourth-order valence-corrected chi connectivity index (χ4v) is 3.10. The molecule has 2 aromatic rings. The first kappa shape index (κ1) is 15.7. The number of hydrogen-bond acceptors (Lipinski definition) is 4. The van der Waals surface area contributed by atoms with E-state index in [2.05, 4.69) is 9.82 Å². The van der Waals surface area contributed by atoms with Crippen LogP contribution in [0.2, 0.25) is 0 Å². The molecule has 0 spiro atoms. The van der Waals surface area contributed by atoms with Crippen molar-refractivity contribution < 1.29 is 8.42 Å². The van der Waals surface area contributed by atoms with E-state index in [1.165, 1.54) is 0 Å². The second-order valence-electron chi connectivity index (χ2n) is 5.10. The maximum atomic E-state index is 12.3. The maximum absolute atomic E-state index is 12.3. The minimum absolute atomic E-state index is 0.208. The lowest BCUT2D eigenvalue weighted by Gasteiger charge is -2.10. The van der Waals surface area contributed by atoms with Crippen LogP contribution in [0.15, 0.2) is 35.4 Å². The summed E-state index contributed by atoms with van der Waals surface area (Å²) in [5, 5.41) is 4.19. The fraction of sp³-hybridized carbons (Fsp3) is 0.357. The van der Waals surface area contributed by atoms with Crippen LogP contribution in [-0.4, -0.2) is 18.2 Å². The Bertz CT molecular complexity index is 735. The Labute approximate surface area is 125 Å². The van der Waals surface area contributed by atoms with Gasteiger partial charge >= 0.3 is 0 Å². The molecule has 3 N–H and O–H groups in total. The number of benzene rings is 1. The van der Waals surface area contributed by atoms with Gasteiger partial charge in [-0.2, -0.15) is 5.10 Å². The molecular weight excluding hydrogens is 288 g/mol. The molecule has 7 heteroatoms. The van der Waals surface area contributed by atoms with Crippen molar-refractivity contribution in [2.75, 3.05) is 0 Å². The molecule has 0 bridgehead atoms. The van der Waals surface area contributed by atoms with Crippen molar-refractivity contribution in [2.24, 2.45) is 12.8 Å². The summed E-state index contributed by atoms with van der Waals surface area (Å²) in [4.78, 5) is 0.221. The van der Waals surface area contributed by atoms with Gasteiger partial charge in [0.15, 0.2) is 0 Å². The standard InChI is InChI=1S/C14H20N4O2S/c1-10(15)12-5-4-6-14(7-12)21(19,20)16-8-13-9-18(3)17-11(13)2/h4-7,9-10,16H,8,15H2,1-3H3. The molecule has 0 aliphatic carbocycles. The summed E-state index contributed by atoms with van der Waals surface area (Å²) in [6.07, 6.45) is 1.80. The van der Waals surface area contributed by atoms with Crippen LogP contribution >= 0.6 is 0 Å². The number of aryl methyl sites for hydroxylation is 2. The first-order valence-corrected chi connectivity index (χ1v) is 8.12. The molecule has 0 fully saturated rings. The van der Waals surface area contributed by atoms with Crippen LogP contribution in [0.1, 0.15) is 29.8 Å². The molecule has 1 unspecified atom stereocenters. The van der Waals surface area contributed by atoms with E-state index in [0.717, 1.165) is 16.8 Å². The van der Waals surface area contributed by atoms with Gasteiger partial charge in [0.2, 0.25) is 10.0 Å². The van der Waals surface area contributed by atoms with E-state index in [1.807, 2.05) is 19.9 Å². The predicted molar refractivity (Wildman–Crippen MR) is 81.0 cm³/mol. The van der Waals surface area contributed by atoms with Crippen molar-refractivity contribution in [3.05, 3.63) is 47.3 Å². The van der Waals surface area contributed by atoms with Gasteiger partial charge in [-0.05, 0) is 31.5 Å². The molecule has 0 aliphatic heterocycles. The van der Waals surface area contributed by atoms with Crippen LogP contribution < -0.4 is 10.5 Å². The molecule has 114 valence electrons. The smallest absolute Gasteiger partial charge is 0.240 e. The van der Waals surface area contributed by atoms with Crippen LogP contribution in [0.5, 0.6) is 0 Å². The van der Waals surface area contributed by atoms with E-state index in [4.69, 9.17) is 5.73 Å². The molecule has 1 aromatic carbocycles. The minimum Gasteiger partial charge on any atom is -0.324 e. The SMILES string of the molecule is Cc1nn(C)cc1CNS(=O)(=O)c1cccc(C(C)N)c1. The lowest BCUT2D eigenvalue weighted by molar-refractivity contribution is 0.581. The first-order chi connectivity index (χ1) is 9.79. The van der Waals surface area contributed by atoms with Gasteiger partial charge in [-0.1, -0.05) is 12.1 Å². The van der Waals surface area contributed by atoms with Gasteiger partial charge in [-0.15, -0.1) is 0 Å². The van der Waals surface area contributed by atoms with E-state index in [-0.39, 0.29) is 17.5 Å². The summed E-state index contributed by atoms with van der Waals surface area (Å²) in [6.45, 7) is 3.88. The second kappa shape index (κ2) is 5.97. The largest absolute Gasteiger partial charge is 0.324 e. The van der Waals surface area contributed by atoms with Crippen molar-refractivity contribution in [3.8, 4) is 0 Å². The molecule has 1 heterocycles. The van der Waals surface area contributed by atoms with Crippen LogP contribution in [0.25, 0.3) is 0 Å². The average molecular weight is 308 g/mol. The molecule has 0 saturated carbocycles. The molecule has 0 aliphatic rings. The highest BCUT2D eigenvalue weighted by Gasteiger charge is 2.16. The van der Waals surface area contributed by atoms with Crippen LogP contribution in [0.3, 0.4) is 0 Å². The van der Waals surface area contributed by atoms with Crippen LogP contribution in [0, 0.1) is 6.92 Å². The fourth-order valence-electron chi connectivity index (χ4n) is 2.04. The van der Waals surface area contributed by atoms with Crippen molar-refractivity contribution in [3.63, 3.8) is 0 Å². The summed E-state index contributed by atoms with van der Waals surface area (Å²) in [7, 11) is -1.76. The number of nitrogens with two attached hydrogens (primary N) is 1. The zero-order valence-corrected chi connectivity index (χ0v) is 13.2. The molecule has 0 amide bonds. The van der Waals surface area contributed by atoms with Gasteiger partial charge in [-0.25, -0.2) is 13.1 Å². The lowest BCUT2D eigenvalue weighted by atomic mass is 10.1. The molecule has 6 nitrogen and oxygen atoms in total. The topological polar surface area (TPSA) is 90.0 Å². The van der Waals surface area contributed by atoms with Crippen molar-refractivity contribution in [2.45, 2.75) is 31.3 Å². The Morgan fingerprint density at radius 2 is 2.14 bits per heavy atom. The van der Waals surface area contributed by atoms with Crippen LogP contribution in [-0.2, 0) is 23.6 Å². The Balaban J connectivity index is 2.19. The molecular formula is C14H20N4O2S. The molecule has 1 aromatic heterocycles. The van der Waals surface area contributed by atoms with Crippen molar-refractivity contribution in [1.82, 2.24) is 14.5 Å². The highest BCUT2D eigenvalue weighted by Crippen LogP contribution is 2.16. The minimum atomic E-state index is -3.56. The monoisotopic (exact) mass is 308 g/mol. The normalized spacial score (nSPS) is 13.3. The Morgan fingerprint density at radius 3 is 2.71 bits per heavy atom. The third kappa shape index (κ3) is 3.69. The van der Waals surface area contributed by atoms with Gasteiger partial charge in [0.1, 0.15) is 0 Å². The third-order valence-corrected chi connectivity index (χ3v) is 4.66. The summed E-state index contributed by atoms with van der Waals surface area (Å²) in [5.74, 6) is 0. The molecule has 0 radical (unpaired) electrons. The zero-order chi connectivity index (χ0) is 15.6. The number of nitrogens with one attached hydrogen (secondary N) is 1. The van der Waals surface area contributed by atoms with E-state index in [0.29, 0.717) is 0 Å². The van der Waals surface area contributed by atoms with E-state index < -0.39 is 10.0 Å². The molecule has 0 saturated heterocycles. The van der Waals surface area contributed by atoms with Gasteiger partial charge in [-0.3, -0.25) is 4.68 Å². The first-order valence-electron chi connectivity index (χ1n) is 6.64. The molecule has 21 heavy (non-hydrogen) atoms. The number of aromatic nitrogens is 2. The summed E-state index contributed by atoms with van der Waals surface area (Å²) in [6, 6.07) is 6.46. The van der Waals surface area contributed by atoms with Gasteiger partial charge in [0, 0.05) is 31.4 Å². The number of hydrogen-bond donors (Lipinski definition) is 2. The lowest BCUT2D eigenvalue weighted by Crippen LogP contribution is -2.23. The maximum Gasteiger partial charge on any atom is 0.240 e. The molecule has 2 rings (SSSR count). The summed E-state index contributed by atoms with van der Waals surface area (Å²) >= 11 is 0. The summed E-state index contributed by atoms with van der Waals surface area (Å²) < 4.78 is 28.9. The van der Waals surface area contributed by atoms with Gasteiger partial charge in [0.25, 0.3) is 0 Å². The highest BCUT2D eigenvalue weighted by molar-refractivity contribution is 7.89. The summed E-state index contributed by atoms with van der Waals surface area (Å²) in [5.41, 5.74) is 8.24. The quantitative estimate of drug-likeness (QED) is 0.869.